The molecule has 0 unspecified atom stereocenters. The van der Waals surface area contributed by atoms with Gasteiger partial charge in [0.25, 0.3) is 0 Å². The van der Waals surface area contributed by atoms with E-state index in [2.05, 4.69) is 9.71 Å². The van der Waals surface area contributed by atoms with Crippen LogP contribution in [0.1, 0.15) is 16.1 Å². The van der Waals surface area contributed by atoms with Gasteiger partial charge >= 0.3 is 0 Å². The first-order chi connectivity index (χ1) is 12.3. The minimum atomic E-state index is -3.74. The van der Waals surface area contributed by atoms with Crippen molar-refractivity contribution in [3.8, 4) is 10.6 Å². The molecule has 2 aromatic carbocycles. The van der Waals surface area contributed by atoms with Gasteiger partial charge in [-0.05, 0) is 43.7 Å². The van der Waals surface area contributed by atoms with Crippen LogP contribution in [0.4, 0.5) is 4.39 Å². The molecular weight excluding hydrogens is 395 g/mol. The van der Waals surface area contributed by atoms with Crippen molar-refractivity contribution in [3.05, 3.63) is 69.4 Å². The molecule has 0 aliphatic heterocycles. The number of rotatable bonds is 5. The van der Waals surface area contributed by atoms with E-state index in [1.54, 1.807) is 6.07 Å². The van der Waals surface area contributed by atoms with E-state index < -0.39 is 15.8 Å². The van der Waals surface area contributed by atoms with Crippen molar-refractivity contribution in [2.45, 2.75) is 25.3 Å². The minimum absolute atomic E-state index is 0.0323. The van der Waals surface area contributed by atoms with Crippen LogP contribution in [-0.2, 0) is 16.6 Å². The lowest BCUT2D eigenvalue weighted by Crippen LogP contribution is -2.23. The van der Waals surface area contributed by atoms with Crippen LogP contribution in [0.5, 0.6) is 0 Å². The summed E-state index contributed by atoms with van der Waals surface area (Å²) in [5.74, 6) is -0.438. The Balaban J connectivity index is 1.81. The molecule has 0 spiro atoms. The van der Waals surface area contributed by atoms with Crippen molar-refractivity contribution in [3.63, 3.8) is 0 Å². The molecule has 0 fully saturated rings. The van der Waals surface area contributed by atoms with Gasteiger partial charge in [-0.2, -0.15) is 0 Å². The highest BCUT2D eigenvalue weighted by atomic mass is 35.5. The molecule has 0 aliphatic rings. The standard InChI is InChI=1S/C18H16ClFN2O2S2/c1-11-9-13(7-8-16(11)20)26(23,24)21-10-17-12(2)22-18(25-17)14-5-3-4-6-15(14)19/h3-9,21H,10H2,1-2H3. The van der Waals surface area contributed by atoms with Crippen LogP contribution in [0.25, 0.3) is 10.6 Å². The number of hydrogen-bond acceptors (Lipinski definition) is 4. The maximum Gasteiger partial charge on any atom is 0.240 e. The topological polar surface area (TPSA) is 59.1 Å². The summed E-state index contributed by atoms with van der Waals surface area (Å²) in [6, 6.07) is 11.1. The second-order valence-electron chi connectivity index (χ2n) is 5.74. The zero-order valence-corrected chi connectivity index (χ0v) is 16.5. The molecule has 1 aromatic heterocycles. The van der Waals surface area contributed by atoms with Gasteiger partial charge < -0.3 is 0 Å². The van der Waals surface area contributed by atoms with Crippen LogP contribution in [0.2, 0.25) is 5.02 Å². The SMILES string of the molecule is Cc1cc(S(=O)(=O)NCc2sc(-c3ccccc3Cl)nc2C)ccc1F. The van der Waals surface area contributed by atoms with E-state index in [0.29, 0.717) is 5.02 Å². The van der Waals surface area contributed by atoms with Crippen LogP contribution < -0.4 is 4.72 Å². The van der Waals surface area contributed by atoms with Gasteiger partial charge in [-0.15, -0.1) is 11.3 Å². The zero-order valence-electron chi connectivity index (χ0n) is 14.1. The molecule has 1 heterocycles. The molecule has 0 radical (unpaired) electrons. The lowest BCUT2D eigenvalue weighted by Gasteiger charge is -2.07. The Kier molecular flexibility index (Phi) is 5.43. The van der Waals surface area contributed by atoms with E-state index in [4.69, 9.17) is 11.6 Å². The van der Waals surface area contributed by atoms with Gasteiger partial charge in [-0.1, -0.05) is 29.8 Å². The Labute approximate surface area is 160 Å². The van der Waals surface area contributed by atoms with Crippen molar-refractivity contribution in [1.82, 2.24) is 9.71 Å². The van der Waals surface area contributed by atoms with Crippen molar-refractivity contribution >= 4 is 33.0 Å². The van der Waals surface area contributed by atoms with Crippen molar-refractivity contribution in [2.75, 3.05) is 0 Å². The second-order valence-corrected chi connectivity index (χ2v) is 9.00. The molecule has 26 heavy (non-hydrogen) atoms. The van der Waals surface area contributed by atoms with E-state index in [9.17, 15) is 12.8 Å². The van der Waals surface area contributed by atoms with Gasteiger partial charge in [0.15, 0.2) is 0 Å². The number of hydrogen-bond donors (Lipinski definition) is 1. The highest BCUT2D eigenvalue weighted by molar-refractivity contribution is 7.89. The van der Waals surface area contributed by atoms with E-state index >= 15 is 0 Å². The fourth-order valence-electron chi connectivity index (χ4n) is 2.37. The Hall–Kier alpha value is -1.80. The van der Waals surface area contributed by atoms with E-state index in [0.717, 1.165) is 27.2 Å². The average Bonchev–Trinajstić information content (AvgIpc) is 2.96. The molecule has 0 bridgehead atoms. The monoisotopic (exact) mass is 410 g/mol. The summed E-state index contributed by atoms with van der Waals surface area (Å²) < 4.78 is 40.8. The average molecular weight is 411 g/mol. The third-order valence-electron chi connectivity index (χ3n) is 3.86. The summed E-state index contributed by atoms with van der Waals surface area (Å²) in [4.78, 5) is 5.32. The molecule has 0 amide bonds. The second kappa shape index (κ2) is 7.44. The molecule has 0 saturated heterocycles. The smallest absolute Gasteiger partial charge is 0.240 e. The summed E-state index contributed by atoms with van der Waals surface area (Å²) >= 11 is 7.59. The van der Waals surface area contributed by atoms with Gasteiger partial charge in [-0.25, -0.2) is 22.5 Å². The lowest BCUT2D eigenvalue weighted by molar-refractivity contribution is 0.580. The lowest BCUT2D eigenvalue weighted by atomic mass is 10.2. The maximum atomic E-state index is 13.4. The first-order valence-electron chi connectivity index (χ1n) is 7.75. The van der Waals surface area contributed by atoms with Gasteiger partial charge in [0.05, 0.1) is 15.6 Å². The third kappa shape index (κ3) is 3.96. The zero-order chi connectivity index (χ0) is 18.9. The fourth-order valence-corrected chi connectivity index (χ4v) is 4.86. The Morgan fingerprint density at radius 2 is 1.92 bits per heavy atom. The summed E-state index contributed by atoms with van der Waals surface area (Å²) in [5.41, 5.74) is 1.83. The fraction of sp³-hybridized carbons (Fsp3) is 0.167. The van der Waals surface area contributed by atoms with Crippen molar-refractivity contribution in [1.29, 1.82) is 0 Å². The summed E-state index contributed by atoms with van der Waals surface area (Å²) in [7, 11) is -3.74. The van der Waals surface area contributed by atoms with Crippen molar-refractivity contribution in [2.24, 2.45) is 0 Å². The molecule has 8 heteroatoms. The predicted molar refractivity (Wildman–Crippen MR) is 102 cm³/mol. The number of halogens is 2. The highest BCUT2D eigenvalue weighted by Gasteiger charge is 2.18. The van der Waals surface area contributed by atoms with E-state index in [1.165, 1.54) is 30.4 Å². The normalized spacial score (nSPS) is 11.7. The Morgan fingerprint density at radius 3 is 2.62 bits per heavy atom. The van der Waals surface area contributed by atoms with E-state index in [-0.39, 0.29) is 17.0 Å². The number of nitrogens with one attached hydrogen (secondary N) is 1. The van der Waals surface area contributed by atoms with Gasteiger partial charge in [0, 0.05) is 17.0 Å². The van der Waals surface area contributed by atoms with Gasteiger partial charge in [-0.3, -0.25) is 0 Å². The summed E-state index contributed by atoms with van der Waals surface area (Å²) in [5, 5.41) is 1.33. The summed E-state index contributed by atoms with van der Waals surface area (Å²) in [6.07, 6.45) is 0. The molecule has 3 aromatic rings. The molecule has 136 valence electrons. The first-order valence-corrected chi connectivity index (χ1v) is 10.4. The highest BCUT2D eigenvalue weighted by Crippen LogP contribution is 2.32. The van der Waals surface area contributed by atoms with Crippen LogP contribution >= 0.6 is 22.9 Å². The number of benzene rings is 2. The Morgan fingerprint density at radius 1 is 1.19 bits per heavy atom. The minimum Gasteiger partial charge on any atom is -0.241 e. The van der Waals surface area contributed by atoms with Crippen LogP contribution in [0.3, 0.4) is 0 Å². The van der Waals surface area contributed by atoms with Crippen molar-refractivity contribution < 1.29 is 12.8 Å². The largest absolute Gasteiger partial charge is 0.241 e. The molecule has 4 nitrogen and oxygen atoms in total. The number of aromatic nitrogens is 1. The summed E-state index contributed by atoms with van der Waals surface area (Å²) in [6.45, 7) is 3.45. The number of thiazole rings is 1. The molecule has 0 atom stereocenters. The third-order valence-corrected chi connectivity index (χ3v) is 6.78. The van der Waals surface area contributed by atoms with Crippen LogP contribution in [0, 0.1) is 19.7 Å². The molecule has 3 rings (SSSR count). The number of nitrogens with zero attached hydrogens (tertiary/aromatic N) is 1. The molecular formula is C18H16ClFN2O2S2. The number of aryl methyl sites for hydroxylation is 2. The van der Waals surface area contributed by atoms with E-state index in [1.807, 2.05) is 25.1 Å². The quantitative estimate of drug-likeness (QED) is 0.663. The number of sulfonamides is 1. The van der Waals surface area contributed by atoms with Gasteiger partial charge in [0.2, 0.25) is 10.0 Å². The molecule has 0 aliphatic carbocycles. The molecule has 0 saturated carbocycles. The Bertz CT molecular complexity index is 1060. The van der Waals surface area contributed by atoms with Crippen LogP contribution in [-0.4, -0.2) is 13.4 Å². The van der Waals surface area contributed by atoms with Gasteiger partial charge in [0.1, 0.15) is 10.8 Å². The maximum absolute atomic E-state index is 13.4. The molecule has 1 N–H and O–H groups in total. The van der Waals surface area contributed by atoms with Crippen LogP contribution in [0.15, 0.2) is 47.4 Å². The predicted octanol–water partition coefficient (Wildman–Crippen LogP) is 4.70. The first kappa shape index (κ1) is 19.0.